The summed E-state index contributed by atoms with van der Waals surface area (Å²) >= 11 is 0. The number of aromatic nitrogens is 2. The highest BCUT2D eigenvalue weighted by atomic mass is 16.2. The quantitative estimate of drug-likeness (QED) is 0.813. The summed E-state index contributed by atoms with van der Waals surface area (Å²) in [5.74, 6) is 0.558. The molecule has 2 aromatic rings. The van der Waals surface area contributed by atoms with Crippen LogP contribution in [-0.2, 0) is 16.0 Å². The average Bonchev–Trinajstić information content (AvgIpc) is 3.27. The summed E-state index contributed by atoms with van der Waals surface area (Å²) in [5.41, 5.74) is 0.963. The first kappa shape index (κ1) is 17.2. The molecule has 0 saturated heterocycles. The van der Waals surface area contributed by atoms with Crippen LogP contribution in [0.1, 0.15) is 43.7 Å². The minimum Gasteiger partial charge on any atom is -0.355 e. The lowest BCUT2D eigenvalue weighted by atomic mass is 10.1. The second-order valence-corrected chi connectivity index (χ2v) is 6.41. The molecule has 0 unspecified atom stereocenters. The van der Waals surface area contributed by atoms with Gasteiger partial charge in [0.2, 0.25) is 11.8 Å². The molecule has 1 aliphatic carbocycles. The van der Waals surface area contributed by atoms with Crippen molar-refractivity contribution in [2.24, 2.45) is 0 Å². The smallest absolute Gasteiger partial charge is 0.227 e. The van der Waals surface area contributed by atoms with Crippen LogP contribution in [0.3, 0.4) is 0 Å². The minimum atomic E-state index is -0.111. The van der Waals surface area contributed by atoms with Crippen LogP contribution in [0.4, 0.5) is 5.82 Å². The molecule has 6 heteroatoms. The van der Waals surface area contributed by atoms with Crippen LogP contribution < -0.4 is 10.6 Å². The van der Waals surface area contributed by atoms with Gasteiger partial charge < -0.3 is 10.6 Å². The summed E-state index contributed by atoms with van der Waals surface area (Å²) < 4.78 is 1.92. The van der Waals surface area contributed by atoms with Crippen molar-refractivity contribution in [2.45, 2.75) is 44.6 Å². The van der Waals surface area contributed by atoms with Crippen molar-refractivity contribution in [3.05, 3.63) is 48.2 Å². The standard InChI is InChI=1S/C19H24N4O2/c24-18(11-12-20-19(25)14-15-6-2-1-3-7-15)22-17-10-13-21-23(17)16-8-4-5-9-16/h1-3,6-7,10,13,16H,4-5,8-9,11-12,14H2,(H,20,25)(H,22,24). The highest BCUT2D eigenvalue weighted by Crippen LogP contribution is 2.31. The number of rotatable bonds is 7. The van der Waals surface area contributed by atoms with Crippen LogP contribution in [0.2, 0.25) is 0 Å². The van der Waals surface area contributed by atoms with Crippen molar-refractivity contribution in [1.29, 1.82) is 0 Å². The molecule has 0 bridgehead atoms. The van der Waals surface area contributed by atoms with E-state index < -0.39 is 0 Å². The van der Waals surface area contributed by atoms with Gasteiger partial charge in [-0.15, -0.1) is 0 Å². The van der Waals surface area contributed by atoms with Crippen molar-refractivity contribution in [2.75, 3.05) is 11.9 Å². The molecule has 0 spiro atoms. The van der Waals surface area contributed by atoms with Gasteiger partial charge in [0.25, 0.3) is 0 Å². The van der Waals surface area contributed by atoms with Gasteiger partial charge in [0.1, 0.15) is 5.82 Å². The van der Waals surface area contributed by atoms with Crippen LogP contribution in [0.25, 0.3) is 0 Å². The predicted octanol–water partition coefficient (Wildman–Crippen LogP) is 2.69. The van der Waals surface area contributed by atoms with Crippen molar-refractivity contribution in [3.63, 3.8) is 0 Å². The van der Waals surface area contributed by atoms with E-state index in [0.717, 1.165) is 24.2 Å². The van der Waals surface area contributed by atoms with Crippen LogP contribution >= 0.6 is 0 Å². The van der Waals surface area contributed by atoms with Crippen LogP contribution in [0, 0.1) is 0 Å². The van der Waals surface area contributed by atoms with E-state index in [2.05, 4.69) is 15.7 Å². The molecule has 2 amide bonds. The number of anilines is 1. The van der Waals surface area contributed by atoms with Gasteiger partial charge in [-0.3, -0.25) is 9.59 Å². The Bertz CT molecular complexity index is 705. The Morgan fingerprint density at radius 2 is 1.84 bits per heavy atom. The monoisotopic (exact) mass is 340 g/mol. The molecule has 2 N–H and O–H groups in total. The van der Waals surface area contributed by atoms with E-state index in [0.29, 0.717) is 19.0 Å². The Morgan fingerprint density at radius 1 is 1.08 bits per heavy atom. The van der Waals surface area contributed by atoms with Crippen molar-refractivity contribution >= 4 is 17.6 Å². The third kappa shape index (κ3) is 4.92. The fraction of sp³-hybridized carbons (Fsp3) is 0.421. The normalized spacial score (nSPS) is 14.4. The van der Waals surface area contributed by atoms with Crippen LogP contribution in [0.5, 0.6) is 0 Å². The maximum Gasteiger partial charge on any atom is 0.227 e. The molecular formula is C19H24N4O2. The summed E-state index contributed by atoms with van der Waals surface area (Å²) in [6, 6.07) is 11.8. The van der Waals surface area contributed by atoms with Crippen LogP contribution in [0.15, 0.2) is 42.6 Å². The summed E-state index contributed by atoms with van der Waals surface area (Å²) in [4.78, 5) is 24.0. The van der Waals surface area contributed by atoms with Gasteiger partial charge in [-0.25, -0.2) is 4.68 Å². The maximum absolute atomic E-state index is 12.1. The van der Waals surface area contributed by atoms with Crippen molar-refractivity contribution in [3.8, 4) is 0 Å². The highest BCUT2D eigenvalue weighted by molar-refractivity contribution is 5.90. The number of nitrogens with one attached hydrogen (secondary N) is 2. The molecule has 1 saturated carbocycles. The van der Waals surface area contributed by atoms with E-state index in [1.807, 2.05) is 41.1 Å². The molecule has 25 heavy (non-hydrogen) atoms. The minimum absolute atomic E-state index is 0.0741. The predicted molar refractivity (Wildman–Crippen MR) is 96.1 cm³/mol. The maximum atomic E-state index is 12.1. The van der Waals surface area contributed by atoms with Crippen LogP contribution in [-0.4, -0.2) is 28.1 Å². The zero-order chi connectivity index (χ0) is 17.5. The second kappa shape index (κ2) is 8.46. The van der Waals surface area contributed by atoms with Gasteiger partial charge in [0.05, 0.1) is 18.7 Å². The highest BCUT2D eigenvalue weighted by Gasteiger charge is 2.20. The molecule has 1 aromatic heterocycles. The third-order valence-corrected chi connectivity index (χ3v) is 4.49. The largest absolute Gasteiger partial charge is 0.355 e. The Hall–Kier alpha value is -2.63. The fourth-order valence-corrected chi connectivity index (χ4v) is 3.22. The first-order valence-electron chi connectivity index (χ1n) is 8.86. The van der Waals surface area contributed by atoms with Gasteiger partial charge >= 0.3 is 0 Å². The number of hydrogen-bond donors (Lipinski definition) is 2. The number of nitrogens with zero attached hydrogens (tertiary/aromatic N) is 2. The number of amides is 2. The molecule has 1 aromatic carbocycles. The lowest BCUT2D eigenvalue weighted by Gasteiger charge is -2.14. The summed E-state index contributed by atoms with van der Waals surface area (Å²) in [6.07, 6.45) is 6.94. The zero-order valence-corrected chi connectivity index (χ0v) is 14.3. The molecule has 0 atom stereocenters. The van der Waals surface area contributed by atoms with Gasteiger partial charge in [-0.05, 0) is 18.4 Å². The first-order valence-corrected chi connectivity index (χ1v) is 8.86. The van der Waals surface area contributed by atoms with Crippen molar-refractivity contribution < 1.29 is 9.59 Å². The topological polar surface area (TPSA) is 76.0 Å². The molecular weight excluding hydrogens is 316 g/mol. The Kier molecular flexibility index (Phi) is 5.82. The Balaban J connectivity index is 1.41. The summed E-state index contributed by atoms with van der Waals surface area (Å²) in [7, 11) is 0. The number of carbonyl (C=O) groups is 2. The first-order chi connectivity index (χ1) is 12.2. The molecule has 0 radical (unpaired) electrons. The third-order valence-electron chi connectivity index (χ3n) is 4.49. The molecule has 3 rings (SSSR count). The summed E-state index contributed by atoms with van der Waals surface area (Å²) in [5, 5.41) is 10.0. The van der Waals surface area contributed by atoms with Gasteiger partial charge in [0.15, 0.2) is 0 Å². The molecule has 6 nitrogen and oxygen atoms in total. The SMILES string of the molecule is O=C(Cc1ccccc1)NCCC(=O)Nc1ccnn1C1CCCC1. The van der Waals surface area contributed by atoms with E-state index >= 15 is 0 Å². The zero-order valence-electron chi connectivity index (χ0n) is 14.3. The van der Waals surface area contributed by atoms with E-state index in [-0.39, 0.29) is 18.2 Å². The second-order valence-electron chi connectivity index (χ2n) is 6.41. The Labute approximate surface area is 147 Å². The molecule has 132 valence electrons. The molecule has 1 aliphatic rings. The lowest BCUT2D eigenvalue weighted by Crippen LogP contribution is -2.29. The number of hydrogen-bond acceptors (Lipinski definition) is 3. The fourth-order valence-electron chi connectivity index (χ4n) is 3.22. The average molecular weight is 340 g/mol. The van der Waals surface area contributed by atoms with Gasteiger partial charge in [0, 0.05) is 19.0 Å². The molecule has 1 fully saturated rings. The number of benzene rings is 1. The van der Waals surface area contributed by atoms with E-state index in [4.69, 9.17) is 0 Å². The molecule has 1 heterocycles. The Morgan fingerprint density at radius 3 is 2.60 bits per heavy atom. The summed E-state index contributed by atoms with van der Waals surface area (Å²) in [6.45, 7) is 0.328. The van der Waals surface area contributed by atoms with Crippen molar-refractivity contribution in [1.82, 2.24) is 15.1 Å². The van der Waals surface area contributed by atoms with Gasteiger partial charge in [-0.1, -0.05) is 43.2 Å². The number of carbonyl (C=O) groups excluding carboxylic acids is 2. The van der Waals surface area contributed by atoms with E-state index in [9.17, 15) is 9.59 Å². The van der Waals surface area contributed by atoms with E-state index in [1.165, 1.54) is 12.8 Å². The lowest BCUT2D eigenvalue weighted by molar-refractivity contribution is -0.120. The molecule has 0 aliphatic heterocycles. The van der Waals surface area contributed by atoms with E-state index in [1.54, 1.807) is 6.20 Å². The van der Waals surface area contributed by atoms with Gasteiger partial charge in [-0.2, -0.15) is 5.10 Å².